The van der Waals surface area contributed by atoms with Crippen LogP contribution in [0.4, 0.5) is 13.2 Å². The minimum Gasteiger partial charge on any atom is -0.431 e. The Morgan fingerprint density at radius 1 is 1.29 bits per heavy atom. The predicted molar refractivity (Wildman–Crippen MR) is 59.6 cm³/mol. The standard InChI is InChI=1S/C12H16F3NO/c1-12(2,3)16-7-8-5-4-6-9(13)10(8)17-11(14)15/h4-6,11,16H,7H2,1-3H3. The highest BCUT2D eigenvalue weighted by Crippen LogP contribution is 2.24. The number of nitrogens with one attached hydrogen (secondary N) is 1. The number of benzene rings is 1. The zero-order chi connectivity index (χ0) is 13.1. The van der Waals surface area contributed by atoms with Crippen LogP contribution in [-0.4, -0.2) is 12.2 Å². The number of halogens is 3. The molecule has 0 saturated heterocycles. The molecule has 5 heteroatoms. The summed E-state index contributed by atoms with van der Waals surface area (Å²) >= 11 is 0. The van der Waals surface area contributed by atoms with Gasteiger partial charge in [0.2, 0.25) is 0 Å². The van der Waals surface area contributed by atoms with Gasteiger partial charge in [0.1, 0.15) is 0 Å². The van der Waals surface area contributed by atoms with E-state index in [1.54, 1.807) is 6.07 Å². The van der Waals surface area contributed by atoms with E-state index in [-0.39, 0.29) is 17.8 Å². The maximum absolute atomic E-state index is 13.3. The Balaban J connectivity index is 2.87. The lowest BCUT2D eigenvalue weighted by Gasteiger charge is -2.21. The van der Waals surface area contributed by atoms with E-state index in [1.165, 1.54) is 6.07 Å². The van der Waals surface area contributed by atoms with E-state index >= 15 is 0 Å². The summed E-state index contributed by atoms with van der Waals surface area (Å²) in [5, 5.41) is 3.09. The summed E-state index contributed by atoms with van der Waals surface area (Å²) < 4.78 is 41.8. The van der Waals surface area contributed by atoms with Crippen molar-refractivity contribution in [2.45, 2.75) is 39.5 Å². The van der Waals surface area contributed by atoms with Gasteiger partial charge in [-0.1, -0.05) is 12.1 Å². The molecule has 1 aromatic carbocycles. The quantitative estimate of drug-likeness (QED) is 0.881. The van der Waals surface area contributed by atoms with Gasteiger partial charge in [0.05, 0.1) is 0 Å². The topological polar surface area (TPSA) is 21.3 Å². The molecule has 0 fully saturated rings. The van der Waals surface area contributed by atoms with E-state index in [0.717, 1.165) is 6.07 Å². The molecule has 1 N–H and O–H groups in total. The van der Waals surface area contributed by atoms with Crippen LogP contribution in [0.2, 0.25) is 0 Å². The molecule has 0 aliphatic heterocycles. The van der Waals surface area contributed by atoms with Crippen molar-refractivity contribution in [3.8, 4) is 5.75 Å². The Morgan fingerprint density at radius 2 is 1.94 bits per heavy atom. The van der Waals surface area contributed by atoms with E-state index in [4.69, 9.17) is 0 Å². The van der Waals surface area contributed by atoms with Crippen LogP contribution in [0.3, 0.4) is 0 Å². The fraction of sp³-hybridized carbons (Fsp3) is 0.500. The third-order valence-corrected chi connectivity index (χ3v) is 2.06. The van der Waals surface area contributed by atoms with Crippen LogP contribution < -0.4 is 10.1 Å². The molecule has 1 aromatic rings. The maximum atomic E-state index is 13.3. The van der Waals surface area contributed by atoms with Crippen molar-refractivity contribution in [3.05, 3.63) is 29.6 Å². The molecule has 17 heavy (non-hydrogen) atoms. The summed E-state index contributed by atoms with van der Waals surface area (Å²) in [4.78, 5) is 0. The molecule has 96 valence electrons. The van der Waals surface area contributed by atoms with Gasteiger partial charge in [-0.15, -0.1) is 0 Å². The van der Waals surface area contributed by atoms with E-state index in [1.807, 2.05) is 20.8 Å². The van der Waals surface area contributed by atoms with E-state index in [2.05, 4.69) is 10.1 Å². The first-order chi connectivity index (χ1) is 7.79. The van der Waals surface area contributed by atoms with Gasteiger partial charge in [-0.3, -0.25) is 0 Å². The Labute approximate surface area is 98.8 Å². The smallest absolute Gasteiger partial charge is 0.387 e. The monoisotopic (exact) mass is 247 g/mol. The molecule has 0 amide bonds. The van der Waals surface area contributed by atoms with Crippen LogP contribution in [0.25, 0.3) is 0 Å². The molecule has 0 unspecified atom stereocenters. The van der Waals surface area contributed by atoms with Crippen LogP contribution in [-0.2, 0) is 6.54 Å². The van der Waals surface area contributed by atoms with Gasteiger partial charge in [-0.25, -0.2) is 4.39 Å². The number of hydrogen-bond acceptors (Lipinski definition) is 2. The van der Waals surface area contributed by atoms with Crippen molar-refractivity contribution in [2.24, 2.45) is 0 Å². The molecule has 0 atom stereocenters. The van der Waals surface area contributed by atoms with Gasteiger partial charge in [-0.05, 0) is 26.8 Å². The maximum Gasteiger partial charge on any atom is 0.387 e. The second kappa shape index (κ2) is 5.40. The zero-order valence-corrected chi connectivity index (χ0v) is 10.1. The van der Waals surface area contributed by atoms with Gasteiger partial charge < -0.3 is 10.1 Å². The Bertz CT molecular complexity index is 375. The average molecular weight is 247 g/mol. The highest BCUT2D eigenvalue weighted by molar-refractivity contribution is 5.35. The van der Waals surface area contributed by atoms with Crippen LogP contribution in [0, 0.1) is 5.82 Å². The van der Waals surface area contributed by atoms with Crippen molar-refractivity contribution in [2.75, 3.05) is 0 Å². The molecule has 0 aliphatic carbocycles. The fourth-order valence-corrected chi connectivity index (χ4v) is 1.27. The molecule has 0 heterocycles. The van der Waals surface area contributed by atoms with Gasteiger partial charge >= 0.3 is 6.61 Å². The molecule has 0 saturated carbocycles. The first-order valence-electron chi connectivity index (χ1n) is 5.27. The van der Waals surface area contributed by atoms with Gasteiger partial charge in [0.15, 0.2) is 11.6 Å². The first kappa shape index (κ1) is 13.8. The molecular formula is C12H16F3NO. The van der Waals surface area contributed by atoms with Crippen molar-refractivity contribution in [1.82, 2.24) is 5.32 Å². The lowest BCUT2D eigenvalue weighted by molar-refractivity contribution is -0.0529. The summed E-state index contributed by atoms with van der Waals surface area (Å²) in [5.41, 5.74) is 0.189. The largest absolute Gasteiger partial charge is 0.431 e. The molecule has 0 radical (unpaired) electrons. The van der Waals surface area contributed by atoms with Crippen LogP contribution in [0.5, 0.6) is 5.75 Å². The number of hydrogen-bond donors (Lipinski definition) is 1. The SMILES string of the molecule is CC(C)(C)NCc1cccc(F)c1OC(F)F. The summed E-state index contributed by atoms with van der Waals surface area (Å²) in [7, 11) is 0. The van der Waals surface area contributed by atoms with E-state index in [0.29, 0.717) is 5.56 Å². The van der Waals surface area contributed by atoms with E-state index < -0.39 is 12.4 Å². The van der Waals surface area contributed by atoms with E-state index in [9.17, 15) is 13.2 Å². The summed E-state index contributed by atoms with van der Waals surface area (Å²) in [6, 6.07) is 4.12. The Kier molecular flexibility index (Phi) is 4.40. The minimum absolute atomic E-state index is 0.186. The lowest BCUT2D eigenvalue weighted by Crippen LogP contribution is -2.35. The fourth-order valence-electron chi connectivity index (χ4n) is 1.27. The predicted octanol–water partition coefficient (Wildman–Crippen LogP) is 3.32. The molecule has 0 aromatic heterocycles. The average Bonchev–Trinajstić information content (AvgIpc) is 2.17. The molecule has 0 aliphatic rings. The lowest BCUT2D eigenvalue weighted by atomic mass is 10.1. The number of ether oxygens (including phenoxy) is 1. The Morgan fingerprint density at radius 3 is 2.47 bits per heavy atom. The highest BCUT2D eigenvalue weighted by Gasteiger charge is 2.16. The van der Waals surface area contributed by atoms with Crippen molar-refractivity contribution < 1.29 is 17.9 Å². The number of para-hydroxylation sites is 1. The molecule has 1 rings (SSSR count). The highest BCUT2D eigenvalue weighted by atomic mass is 19.3. The second-order valence-electron chi connectivity index (χ2n) is 4.71. The van der Waals surface area contributed by atoms with Crippen LogP contribution >= 0.6 is 0 Å². The zero-order valence-electron chi connectivity index (χ0n) is 10.1. The molecule has 0 bridgehead atoms. The third kappa shape index (κ3) is 4.65. The summed E-state index contributed by atoms with van der Waals surface area (Å²) in [5.74, 6) is -1.17. The summed E-state index contributed by atoms with van der Waals surface area (Å²) in [6.07, 6.45) is 0. The molecule has 2 nitrogen and oxygen atoms in total. The third-order valence-electron chi connectivity index (χ3n) is 2.06. The first-order valence-corrected chi connectivity index (χ1v) is 5.27. The number of rotatable bonds is 4. The van der Waals surface area contributed by atoms with Crippen molar-refractivity contribution >= 4 is 0 Å². The molecule has 0 spiro atoms. The Hall–Kier alpha value is -1.23. The van der Waals surface area contributed by atoms with Crippen LogP contribution in [0.15, 0.2) is 18.2 Å². The summed E-state index contributed by atoms with van der Waals surface area (Å²) in [6.45, 7) is 3.03. The van der Waals surface area contributed by atoms with Crippen molar-refractivity contribution in [3.63, 3.8) is 0 Å². The minimum atomic E-state index is -3.03. The normalized spacial score (nSPS) is 11.9. The second-order valence-corrected chi connectivity index (χ2v) is 4.71. The molecular weight excluding hydrogens is 231 g/mol. The van der Waals surface area contributed by atoms with Crippen LogP contribution in [0.1, 0.15) is 26.3 Å². The number of alkyl halides is 2. The van der Waals surface area contributed by atoms with Gasteiger partial charge in [0, 0.05) is 17.6 Å². The van der Waals surface area contributed by atoms with Gasteiger partial charge in [0.25, 0.3) is 0 Å². The van der Waals surface area contributed by atoms with Gasteiger partial charge in [-0.2, -0.15) is 8.78 Å². The van der Waals surface area contributed by atoms with Crippen molar-refractivity contribution in [1.29, 1.82) is 0 Å².